The standard InChI is InChI=1S/C9H16N2O2/c1-10-8-6-13-5-4-11(9(8)12)7-2-3-7/h7-8,10H,2-6H2,1H3. The molecule has 0 radical (unpaired) electrons. The number of nitrogens with one attached hydrogen (secondary N) is 1. The second-order valence-corrected chi connectivity index (χ2v) is 3.68. The lowest BCUT2D eigenvalue weighted by molar-refractivity contribution is -0.133. The molecule has 2 aliphatic rings. The Morgan fingerprint density at radius 1 is 1.54 bits per heavy atom. The van der Waals surface area contributed by atoms with Crippen LogP contribution in [-0.4, -0.2) is 49.7 Å². The summed E-state index contributed by atoms with van der Waals surface area (Å²) < 4.78 is 5.35. The molecule has 1 aliphatic carbocycles. The van der Waals surface area contributed by atoms with Crippen LogP contribution >= 0.6 is 0 Å². The summed E-state index contributed by atoms with van der Waals surface area (Å²) in [6.07, 6.45) is 2.34. The number of carbonyl (C=O) groups excluding carboxylic acids is 1. The van der Waals surface area contributed by atoms with Gasteiger partial charge in [0.2, 0.25) is 5.91 Å². The third kappa shape index (κ3) is 1.84. The van der Waals surface area contributed by atoms with Gasteiger partial charge in [-0.1, -0.05) is 0 Å². The number of hydrogen-bond acceptors (Lipinski definition) is 3. The highest BCUT2D eigenvalue weighted by molar-refractivity contribution is 5.82. The second kappa shape index (κ2) is 3.64. The van der Waals surface area contributed by atoms with Crippen LogP contribution in [0.1, 0.15) is 12.8 Å². The maximum absolute atomic E-state index is 11.8. The van der Waals surface area contributed by atoms with Gasteiger partial charge in [-0.3, -0.25) is 4.79 Å². The van der Waals surface area contributed by atoms with Gasteiger partial charge in [0.25, 0.3) is 0 Å². The molecule has 1 atom stereocenters. The molecule has 1 saturated heterocycles. The minimum absolute atomic E-state index is 0.136. The maximum atomic E-state index is 11.8. The van der Waals surface area contributed by atoms with E-state index in [4.69, 9.17) is 4.74 Å². The van der Waals surface area contributed by atoms with Gasteiger partial charge in [0.1, 0.15) is 6.04 Å². The molecule has 1 aliphatic heterocycles. The first kappa shape index (κ1) is 8.97. The van der Waals surface area contributed by atoms with Crippen molar-refractivity contribution in [2.75, 3.05) is 26.8 Å². The SMILES string of the molecule is CNC1COCCN(C2CC2)C1=O. The van der Waals surface area contributed by atoms with E-state index in [9.17, 15) is 4.79 Å². The van der Waals surface area contributed by atoms with Crippen LogP contribution in [0.2, 0.25) is 0 Å². The summed E-state index contributed by atoms with van der Waals surface area (Å²) in [5, 5.41) is 2.99. The van der Waals surface area contributed by atoms with Crippen LogP contribution in [-0.2, 0) is 9.53 Å². The number of likely N-dealkylation sites (N-methyl/N-ethyl adjacent to an activating group) is 1. The van der Waals surface area contributed by atoms with Crippen molar-refractivity contribution in [2.45, 2.75) is 24.9 Å². The highest BCUT2D eigenvalue weighted by Gasteiger charge is 2.36. The molecule has 2 fully saturated rings. The summed E-state index contributed by atoms with van der Waals surface area (Å²) in [6.45, 7) is 1.96. The molecular weight excluding hydrogens is 168 g/mol. The van der Waals surface area contributed by atoms with Gasteiger partial charge in [-0.15, -0.1) is 0 Å². The Morgan fingerprint density at radius 3 is 2.92 bits per heavy atom. The normalized spacial score (nSPS) is 30.4. The lowest BCUT2D eigenvalue weighted by Gasteiger charge is -2.22. The highest BCUT2D eigenvalue weighted by Crippen LogP contribution is 2.27. The number of hydrogen-bond donors (Lipinski definition) is 1. The first-order valence-corrected chi connectivity index (χ1v) is 4.88. The average Bonchev–Trinajstić information content (AvgIpc) is 2.91. The Bertz CT molecular complexity index is 204. The molecule has 1 N–H and O–H groups in total. The monoisotopic (exact) mass is 184 g/mol. The number of rotatable bonds is 2. The molecule has 0 aromatic rings. The molecule has 0 spiro atoms. The van der Waals surface area contributed by atoms with Crippen molar-refractivity contribution in [2.24, 2.45) is 0 Å². The van der Waals surface area contributed by atoms with Crippen molar-refractivity contribution >= 4 is 5.91 Å². The molecule has 0 aromatic heterocycles. The molecule has 0 aromatic carbocycles. The molecule has 1 heterocycles. The molecule has 1 amide bonds. The lowest BCUT2D eigenvalue weighted by Crippen LogP contribution is -2.46. The fourth-order valence-corrected chi connectivity index (χ4v) is 1.70. The summed E-state index contributed by atoms with van der Waals surface area (Å²) in [4.78, 5) is 13.8. The fraction of sp³-hybridized carbons (Fsp3) is 0.889. The number of nitrogens with zero attached hydrogens (tertiary/aromatic N) is 1. The van der Waals surface area contributed by atoms with Gasteiger partial charge in [0.15, 0.2) is 0 Å². The minimum Gasteiger partial charge on any atom is -0.377 e. The second-order valence-electron chi connectivity index (χ2n) is 3.68. The van der Waals surface area contributed by atoms with E-state index in [1.807, 2.05) is 11.9 Å². The summed E-state index contributed by atoms with van der Waals surface area (Å²) in [5.74, 6) is 0.211. The van der Waals surface area contributed by atoms with Crippen molar-refractivity contribution in [1.29, 1.82) is 0 Å². The topological polar surface area (TPSA) is 41.6 Å². The molecule has 74 valence electrons. The van der Waals surface area contributed by atoms with Gasteiger partial charge in [-0.25, -0.2) is 0 Å². The van der Waals surface area contributed by atoms with Crippen molar-refractivity contribution in [1.82, 2.24) is 10.2 Å². The smallest absolute Gasteiger partial charge is 0.242 e. The zero-order chi connectivity index (χ0) is 9.26. The van der Waals surface area contributed by atoms with E-state index in [-0.39, 0.29) is 11.9 Å². The van der Waals surface area contributed by atoms with Crippen LogP contribution in [0.15, 0.2) is 0 Å². The van der Waals surface area contributed by atoms with E-state index < -0.39 is 0 Å². The predicted molar refractivity (Wildman–Crippen MR) is 48.4 cm³/mol. The van der Waals surface area contributed by atoms with Gasteiger partial charge >= 0.3 is 0 Å². The van der Waals surface area contributed by atoms with Gasteiger partial charge in [-0.2, -0.15) is 0 Å². The molecule has 2 rings (SSSR count). The molecule has 1 unspecified atom stereocenters. The first-order chi connectivity index (χ1) is 6.33. The van der Waals surface area contributed by atoms with E-state index in [0.717, 1.165) is 6.54 Å². The zero-order valence-electron chi connectivity index (χ0n) is 7.95. The van der Waals surface area contributed by atoms with Gasteiger partial charge in [-0.05, 0) is 19.9 Å². The van der Waals surface area contributed by atoms with Crippen molar-refractivity contribution in [3.05, 3.63) is 0 Å². The fourth-order valence-electron chi connectivity index (χ4n) is 1.70. The summed E-state index contributed by atoms with van der Waals surface area (Å²) >= 11 is 0. The van der Waals surface area contributed by atoms with Crippen LogP contribution < -0.4 is 5.32 Å². The van der Waals surface area contributed by atoms with E-state index >= 15 is 0 Å². The Labute approximate surface area is 78.2 Å². The van der Waals surface area contributed by atoms with Crippen LogP contribution in [0.4, 0.5) is 0 Å². The predicted octanol–water partition coefficient (Wildman–Crippen LogP) is -0.404. The average molecular weight is 184 g/mol. The van der Waals surface area contributed by atoms with Crippen LogP contribution in [0, 0.1) is 0 Å². The van der Waals surface area contributed by atoms with E-state index in [1.165, 1.54) is 12.8 Å². The van der Waals surface area contributed by atoms with Crippen molar-refractivity contribution in [3.8, 4) is 0 Å². The summed E-state index contributed by atoms with van der Waals surface area (Å²) in [5.41, 5.74) is 0. The number of carbonyl (C=O) groups is 1. The molecule has 1 saturated carbocycles. The Kier molecular flexibility index (Phi) is 2.51. The van der Waals surface area contributed by atoms with Crippen molar-refractivity contribution < 1.29 is 9.53 Å². The van der Waals surface area contributed by atoms with E-state index in [0.29, 0.717) is 19.3 Å². The summed E-state index contributed by atoms with van der Waals surface area (Å²) in [6, 6.07) is 0.369. The summed E-state index contributed by atoms with van der Waals surface area (Å²) in [7, 11) is 1.81. The van der Waals surface area contributed by atoms with Gasteiger partial charge < -0.3 is 15.0 Å². The minimum atomic E-state index is -0.136. The quantitative estimate of drug-likeness (QED) is 0.634. The van der Waals surface area contributed by atoms with Crippen molar-refractivity contribution in [3.63, 3.8) is 0 Å². The van der Waals surface area contributed by atoms with Crippen LogP contribution in [0.5, 0.6) is 0 Å². The third-order valence-corrected chi connectivity index (χ3v) is 2.68. The molecule has 4 heteroatoms. The van der Waals surface area contributed by atoms with Crippen LogP contribution in [0.3, 0.4) is 0 Å². The first-order valence-electron chi connectivity index (χ1n) is 4.88. The Morgan fingerprint density at radius 2 is 2.31 bits per heavy atom. The highest BCUT2D eigenvalue weighted by atomic mass is 16.5. The van der Waals surface area contributed by atoms with Crippen LogP contribution in [0.25, 0.3) is 0 Å². The Balaban J connectivity index is 2.03. The van der Waals surface area contributed by atoms with Gasteiger partial charge in [0.05, 0.1) is 13.2 Å². The molecule has 4 nitrogen and oxygen atoms in total. The van der Waals surface area contributed by atoms with E-state index in [2.05, 4.69) is 5.32 Å². The molecular formula is C9H16N2O2. The number of amides is 1. The lowest BCUT2D eigenvalue weighted by atomic mass is 10.2. The molecule has 0 bridgehead atoms. The van der Waals surface area contributed by atoms with Gasteiger partial charge in [0, 0.05) is 12.6 Å². The zero-order valence-corrected chi connectivity index (χ0v) is 7.95. The largest absolute Gasteiger partial charge is 0.377 e. The molecule has 13 heavy (non-hydrogen) atoms. The van der Waals surface area contributed by atoms with E-state index in [1.54, 1.807) is 0 Å². The number of ether oxygens (including phenoxy) is 1. The third-order valence-electron chi connectivity index (χ3n) is 2.68. The maximum Gasteiger partial charge on any atom is 0.242 e. The Hall–Kier alpha value is -0.610.